The highest BCUT2D eigenvalue weighted by molar-refractivity contribution is 6.01. The summed E-state index contributed by atoms with van der Waals surface area (Å²) >= 11 is 0. The predicted octanol–water partition coefficient (Wildman–Crippen LogP) is 5.81. The zero-order valence-electron chi connectivity index (χ0n) is 25.8. The van der Waals surface area contributed by atoms with Crippen molar-refractivity contribution < 1.29 is 38.1 Å². The van der Waals surface area contributed by atoms with E-state index >= 15 is 4.39 Å². The molecule has 0 amide bonds. The fraction of sp³-hybridized carbons (Fsp3) is 0.600. The first kappa shape index (κ1) is 31.3. The van der Waals surface area contributed by atoms with Gasteiger partial charge in [0.1, 0.15) is 0 Å². The Balaban J connectivity index is 1.52. The van der Waals surface area contributed by atoms with E-state index in [0.29, 0.717) is 36.8 Å². The lowest BCUT2D eigenvalue weighted by atomic mass is 9.44. The highest BCUT2D eigenvalue weighted by Gasteiger charge is 2.77. The molecule has 0 heterocycles. The normalized spacial score (nSPS) is 37.9. The Kier molecular flexibility index (Phi) is 8.08. The van der Waals surface area contributed by atoms with Gasteiger partial charge >= 0.3 is 11.9 Å². The molecule has 4 aliphatic rings. The number of carbonyl (C=O) groups is 4. The second-order valence-electron chi connectivity index (χ2n) is 13.6. The number of esters is 2. The number of halogens is 1. The maximum Gasteiger partial charge on any atom is 0.338 e. The molecule has 1 aromatic rings. The number of aliphatic hydroxyl groups excluding tert-OH is 1. The molecular weight excluding hydrogens is 551 g/mol. The van der Waals surface area contributed by atoms with Gasteiger partial charge in [0.25, 0.3) is 0 Å². The van der Waals surface area contributed by atoms with Crippen molar-refractivity contribution in [2.75, 3.05) is 6.61 Å². The molecule has 3 fully saturated rings. The Hall–Kier alpha value is -3.13. The van der Waals surface area contributed by atoms with E-state index in [1.165, 1.54) is 12.2 Å². The predicted molar refractivity (Wildman–Crippen MR) is 158 cm³/mol. The van der Waals surface area contributed by atoms with Crippen LogP contribution in [0, 0.1) is 35.5 Å². The summed E-state index contributed by atoms with van der Waals surface area (Å²) in [7, 11) is 0. The molecule has 4 aliphatic carbocycles. The molecule has 0 aromatic heterocycles. The minimum absolute atomic E-state index is 0.117. The van der Waals surface area contributed by atoms with Crippen LogP contribution in [0.2, 0.25) is 0 Å². The SMILES string of the molecule is CCCCC(=O)O[C@]1(C(=O)COC(=O)c2cccc(C)c2)[C@@H](C)C[C@H]2C3CCC4=CC(=O)C=C[C@]4(C)[C@@]3(F)[C@@H](O)C[C@@]21C. The molecule has 232 valence electrons. The van der Waals surface area contributed by atoms with Crippen molar-refractivity contribution >= 4 is 23.5 Å². The summed E-state index contributed by atoms with van der Waals surface area (Å²) < 4.78 is 29.4. The summed E-state index contributed by atoms with van der Waals surface area (Å²) in [5.41, 5.74) is -4.25. The van der Waals surface area contributed by atoms with Gasteiger partial charge in [-0.25, -0.2) is 9.18 Å². The summed E-state index contributed by atoms with van der Waals surface area (Å²) in [5.74, 6) is -3.51. The van der Waals surface area contributed by atoms with Crippen LogP contribution < -0.4 is 0 Å². The molecule has 0 spiro atoms. The van der Waals surface area contributed by atoms with Crippen LogP contribution in [0.5, 0.6) is 0 Å². The monoisotopic (exact) mass is 594 g/mol. The van der Waals surface area contributed by atoms with Gasteiger partial charge in [-0.1, -0.05) is 56.5 Å². The van der Waals surface area contributed by atoms with Crippen molar-refractivity contribution in [2.45, 2.75) is 96.9 Å². The van der Waals surface area contributed by atoms with E-state index in [1.54, 1.807) is 31.2 Å². The summed E-state index contributed by atoms with van der Waals surface area (Å²) in [6.45, 7) is 8.58. The lowest BCUT2D eigenvalue weighted by molar-refractivity contribution is -0.228. The van der Waals surface area contributed by atoms with Gasteiger partial charge in [-0.3, -0.25) is 14.4 Å². The van der Waals surface area contributed by atoms with E-state index < -0.39 is 70.3 Å². The molecular formula is C35H43FO7. The average molecular weight is 595 g/mol. The topological polar surface area (TPSA) is 107 Å². The molecule has 7 nitrogen and oxygen atoms in total. The average Bonchev–Trinajstić information content (AvgIpc) is 3.17. The van der Waals surface area contributed by atoms with Crippen molar-refractivity contribution in [2.24, 2.45) is 28.6 Å². The van der Waals surface area contributed by atoms with E-state index in [0.717, 1.165) is 12.0 Å². The molecule has 0 aliphatic heterocycles. The van der Waals surface area contributed by atoms with Crippen molar-refractivity contribution in [1.82, 2.24) is 0 Å². The quantitative estimate of drug-likeness (QED) is 0.379. The molecule has 43 heavy (non-hydrogen) atoms. The summed E-state index contributed by atoms with van der Waals surface area (Å²) in [6, 6.07) is 6.85. The summed E-state index contributed by atoms with van der Waals surface area (Å²) in [5, 5.41) is 11.8. The van der Waals surface area contributed by atoms with E-state index in [4.69, 9.17) is 9.47 Å². The number of ether oxygens (including phenoxy) is 2. The number of rotatable bonds is 8. The van der Waals surface area contributed by atoms with Gasteiger partial charge in [0.05, 0.1) is 11.7 Å². The minimum Gasteiger partial charge on any atom is -0.454 e. The Morgan fingerprint density at radius 3 is 2.60 bits per heavy atom. The third-order valence-electron chi connectivity index (χ3n) is 11.2. The Labute approximate surface area is 252 Å². The first-order valence-corrected chi connectivity index (χ1v) is 15.5. The summed E-state index contributed by atoms with van der Waals surface area (Å²) in [6.07, 6.45) is 5.56. The third kappa shape index (κ3) is 4.63. The van der Waals surface area contributed by atoms with Crippen LogP contribution in [0.3, 0.4) is 0 Å². The maximum absolute atomic E-state index is 17.6. The molecule has 1 N–H and O–H groups in total. The van der Waals surface area contributed by atoms with Gasteiger partial charge in [-0.05, 0) is 76.2 Å². The smallest absolute Gasteiger partial charge is 0.338 e. The van der Waals surface area contributed by atoms with Gasteiger partial charge < -0.3 is 14.6 Å². The largest absolute Gasteiger partial charge is 0.454 e. The standard InChI is InChI=1S/C35H43FO7/c1-6-7-11-30(40)43-35(29(39)20-42-31(41)23-10-8-9-21(2)16-23)22(3)17-27-26-13-12-24-18-25(37)14-15-32(24,4)34(26,36)28(38)19-33(27,35)5/h8-10,14-16,18,22,26-28,38H,6-7,11-13,17,19-20H2,1-5H3/t22-,26?,27-,28-,32-,33-,34-,35-/m0/s1. The number of aryl methyl sites for hydroxylation is 1. The number of fused-ring (bicyclic) bond motifs is 5. The van der Waals surface area contributed by atoms with Crippen molar-refractivity contribution in [3.05, 3.63) is 59.2 Å². The molecule has 5 rings (SSSR count). The minimum atomic E-state index is -2.08. The second-order valence-corrected chi connectivity index (χ2v) is 13.6. The fourth-order valence-electron chi connectivity index (χ4n) is 9.04. The first-order valence-electron chi connectivity index (χ1n) is 15.5. The molecule has 0 saturated heterocycles. The molecule has 8 atom stereocenters. The molecule has 0 radical (unpaired) electrons. The van der Waals surface area contributed by atoms with Crippen LogP contribution in [-0.4, -0.2) is 52.6 Å². The Bertz CT molecular complexity index is 1400. The maximum atomic E-state index is 17.6. The van der Waals surface area contributed by atoms with E-state index in [9.17, 15) is 24.3 Å². The molecule has 8 heteroatoms. The number of alkyl halides is 1. The number of unbranched alkanes of at least 4 members (excludes halogenated alkanes) is 1. The van der Waals surface area contributed by atoms with E-state index in [1.807, 2.05) is 33.8 Å². The number of hydrogen-bond donors (Lipinski definition) is 1. The number of hydrogen-bond acceptors (Lipinski definition) is 7. The zero-order valence-corrected chi connectivity index (χ0v) is 25.8. The van der Waals surface area contributed by atoms with Gasteiger partial charge in [0, 0.05) is 29.1 Å². The third-order valence-corrected chi connectivity index (χ3v) is 11.2. The summed E-state index contributed by atoms with van der Waals surface area (Å²) in [4.78, 5) is 52.7. The number of ketones is 2. The highest BCUT2D eigenvalue weighted by atomic mass is 19.1. The van der Waals surface area contributed by atoms with Crippen LogP contribution in [0.4, 0.5) is 4.39 Å². The highest BCUT2D eigenvalue weighted by Crippen LogP contribution is 2.71. The Morgan fingerprint density at radius 2 is 1.91 bits per heavy atom. The number of allylic oxidation sites excluding steroid dienone is 4. The number of benzene rings is 1. The van der Waals surface area contributed by atoms with Gasteiger partial charge in [-0.2, -0.15) is 0 Å². The van der Waals surface area contributed by atoms with E-state index in [2.05, 4.69) is 0 Å². The van der Waals surface area contributed by atoms with Gasteiger partial charge in [0.15, 0.2) is 23.7 Å². The number of Topliss-reactive ketones (excluding diaryl/α,β-unsaturated/α-hetero) is 1. The van der Waals surface area contributed by atoms with Gasteiger partial charge in [-0.15, -0.1) is 0 Å². The lowest BCUT2D eigenvalue weighted by Crippen LogP contribution is -2.70. The van der Waals surface area contributed by atoms with Crippen LogP contribution in [0.25, 0.3) is 0 Å². The van der Waals surface area contributed by atoms with Crippen LogP contribution >= 0.6 is 0 Å². The number of aliphatic hydroxyl groups is 1. The lowest BCUT2D eigenvalue weighted by Gasteiger charge is -2.62. The van der Waals surface area contributed by atoms with Crippen LogP contribution in [0.1, 0.15) is 88.6 Å². The van der Waals surface area contributed by atoms with Gasteiger partial charge in [0.2, 0.25) is 5.78 Å². The molecule has 0 bridgehead atoms. The zero-order chi connectivity index (χ0) is 31.4. The Morgan fingerprint density at radius 1 is 1.16 bits per heavy atom. The molecule has 3 saturated carbocycles. The van der Waals surface area contributed by atoms with Crippen molar-refractivity contribution in [1.29, 1.82) is 0 Å². The van der Waals surface area contributed by atoms with Crippen molar-refractivity contribution in [3.8, 4) is 0 Å². The molecule has 1 aromatic carbocycles. The first-order chi connectivity index (χ1) is 20.2. The van der Waals surface area contributed by atoms with Crippen LogP contribution in [-0.2, 0) is 23.9 Å². The van der Waals surface area contributed by atoms with Crippen LogP contribution in [0.15, 0.2) is 48.1 Å². The van der Waals surface area contributed by atoms with E-state index in [-0.39, 0.29) is 18.6 Å². The second kappa shape index (κ2) is 11.1. The number of carbonyl (C=O) groups excluding carboxylic acids is 4. The molecule has 1 unspecified atom stereocenters. The van der Waals surface area contributed by atoms with Crippen molar-refractivity contribution in [3.63, 3.8) is 0 Å². The fourth-order valence-corrected chi connectivity index (χ4v) is 9.04.